The van der Waals surface area contributed by atoms with E-state index in [1.807, 2.05) is 37.4 Å². The third kappa shape index (κ3) is 5.44. The van der Waals surface area contributed by atoms with Gasteiger partial charge in [-0.05, 0) is 25.3 Å². The van der Waals surface area contributed by atoms with Crippen LogP contribution in [0.5, 0.6) is 0 Å². The smallest absolute Gasteiger partial charge is 0.260 e. The Morgan fingerprint density at radius 3 is 2.54 bits per heavy atom. The number of piperazine rings is 1. The van der Waals surface area contributed by atoms with Crippen LogP contribution in [0.4, 0.5) is 0 Å². The Labute approximate surface area is 236 Å². The van der Waals surface area contributed by atoms with Crippen LogP contribution in [0.15, 0.2) is 52.8 Å². The molecule has 0 radical (unpaired) electrons. The monoisotopic (exact) mass is 563 g/mol. The van der Waals surface area contributed by atoms with E-state index in [0.29, 0.717) is 39.5 Å². The number of benzene rings is 1. The molecule has 0 N–H and O–H groups in total. The molecule has 0 saturated carbocycles. The van der Waals surface area contributed by atoms with E-state index in [0.717, 1.165) is 68.3 Å². The van der Waals surface area contributed by atoms with Crippen LogP contribution in [0.25, 0.3) is 33.4 Å². The Bertz CT molecular complexity index is 1570. The van der Waals surface area contributed by atoms with Gasteiger partial charge in [-0.3, -0.25) is 24.1 Å². The summed E-state index contributed by atoms with van der Waals surface area (Å²) in [5.74, 6) is 0. The fourth-order valence-electron chi connectivity index (χ4n) is 5.17. The molecule has 5 heterocycles. The Hall–Kier alpha value is -2.89. The van der Waals surface area contributed by atoms with Crippen LogP contribution in [0.1, 0.15) is 5.69 Å². The topological polar surface area (TPSA) is 89.3 Å². The number of nitrogens with zero attached hydrogens (tertiary/aromatic N) is 7. The zero-order valence-electron chi connectivity index (χ0n) is 22.0. The standard InChI is InChI=1S/C28H30ClN7O2S/c1-18-13-30-15-25(32-18)19-3-4-22(24(29)12-19)23-11-20-14-31-28(39-2)33-26(20)36(27(23)37)10-7-34-5-8-35(9-6-34)21-16-38-17-21/h3-4,11-15,21H,5-10,16-17H2,1-2H3. The first kappa shape index (κ1) is 26.3. The Morgan fingerprint density at radius 1 is 1.03 bits per heavy atom. The molecule has 2 fully saturated rings. The highest BCUT2D eigenvalue weighted by molar-refractivity contribution is 7.98. The molecule has 0 unspecified atom stereocenters. The predicted molar refractivity (Wildman–Crippen MR) is 154 cm³/mol. The number of aryl methyl sites for hydroxylation is 1. The molecule has 9 nitrogen and oxygen atoms in total. The van der Waals surface area contributed by atoms with E-state index in [1.165, 1.54) is 11.8 Å². The summed E-state index contributed by atoms with van der Waals surface area (Å²) in [6, 6.07) is 8.07. The van der Waals surface area contributed by atoms with Gasteiger partial charge in [0.05, 0.1) is 36.8 Å². The molecule has 0 atom stereocenters. The quantitative estimate of drug-likeness (QED) is 0.247. The molecule has 0 bridgehead atoms. The lowest BCUT2D eigenvalue weighted by Gasteiger charge is -2.42. The Kier molecular flexibility index (Phi) is 7.64. The number of aromatic nitrogens is 5. The molecule has 11 heteroatoms. The molecule has 2 aliphatic heterocycles. The lowest BCUT2D eigenvalue weighted by Crippen LogP contribution is -2.56. The SMILES string of the molecule is CSc1ncc2cc(-c3ccc(-c4cncc(C)n4)cc3Cl)c(=O)n(CCN3CCN(C4COC4)CC3)c2n1. The maximum atomic E-state index is 14.0. The fraction of sp³-hybridized carbons (Fsp3) is 0.393. The van der Waals surface area contributed by atoms with Crippen molar-refractivity contribution in [1.29, 1.82) is 0 Å². The number of thioether (sulfide) groups is 1. The molecule has 2 saturated heterocycles. The summed E-state index contributed by atoms with van der Waals surface area (Å²) in [6.07, 6.45) is 7.15. The molecule has 0 spiro atoms. The highest BCUT2D eigenvalue weighted by Gasteiger charge is 2.28. The van der Waals surface area contributed by atoms with Crippen LogP contribution in [0.2, 0.25) is 5.02 Å². The van der Waals surface area contributed by atoms with E-state index in [2.05, 4.69) is 24.8 Å². The van der Waals surface area contributed by atoms with Crippen molar-refractivity contribution in [2.75, 3.05) is 52.2 Å². The van der Waals surface area contributed by atoms with E-state index < -0.39 is 0 Å². The lowest BCUT2D eigenvalue weighted by atomic mass is 10.0. The third-order valence-electron chi connectivity index (χ3n) is 7.48. The largest absolute Gasteiger partial charge is 0.378 e. The highest BCUT2D eigenvalue weighted by Crippen LogP contribution is 2.31. The second-order valence-corrected chi connectivity index (χ2v) is 11.1. The van der Waals surface area contributed by atoms with Crippen molar-refractivity contribution in [1.82, 2.24) is 34.3 Å². The minimum absolute atomic E-state index is 0.108. The van der Waals surface area contributed by atoms with Gasteiger partial charge in [-0.2, -0.15) is 0 Å². The summed E-state index contributed by atoms with van der Waals surface area (Å²) < 4.78 is 7.15. The first-order valence-corrected chi connectivity index (χ1v) is 14.7. The Balaban J connectivity index is 1.32. The second-order valence-electron chi connectivity index (χ2n) is 9.96. The van der Waals surface area contributed by atoms with Crippen LogP contribution in [0, 0.1) is 6.92 Å². The summed E-state index contributed by atoms with van der Waals surface area (Å²) in [6.45, 7) is 8.89. The van der Waals surface area contributed by atoms with E-state index in [1.54, 1.807) is 23.2 Å². The number of pyridine rings is 1. The van der Waals surface area contributed by atoms with Crippen LogP contribution >= 0.6 is 23.4 Å². The molecule has 39 heavy (non-hydrogen) atoms. The molecule has 6 rings (SSSR count). The molecule has 0 aliphatic carbocycles. The van der Waals surface area contributed by atoms with Gasteiger partial charge in [0.1, 0.15) is 5.65 Å². The average molecular weight is 564 g/mol. The van der Waals surface area contributed by atoms with Crippen molar-refractivity contribution in [2.24, 2.45) is 0 Å². The molecule has 1 aromatic carbocycles. The summed E-state index contributed by atoms with van der Waals surface area (Å²) >= 11 is 8.24. The molecule has 2 aliphatic rings. The zero-order valence-corrected chi connectivity index (χ0v) is 23.6. The van der Waals surface area contributed by atoms with Crippen molar-refractivity contribution < 1.29 is 4.74 Å². The molecular formula is C28H30ClN7O2S. The predicted octanol–water partition coefficient (Wildman–Crippen LogP) is 3.62. The molecular weight excluding hydrogens is 534 g/mol. The van der Waals surface area contributed by atoms with Gasteiger partial charge in [0.15, 0.2) is 5.16 Å². The first-order chi connectivity index (χ1) is 19.0. The number of rotatable bonds is 7. The van der Waals surface area contributed by atoms with Gasteiger partial charge in [0.25, 0.3) is 5.56 Å². The summed E-state index contributed by atoms with van der Waals surface area (Å²) in [5.41, 5.74) is 4.16. The minimum atomic E-state index is -0.108. The third-order valence-corrected chi connectivity index (χ3v) is 8.36. The number of ether oxygens (including phenoxy) is 1. The van der Waals surface area contributed by atoms with Gasteiger partial charge in [0.2, 0.25) is 0 Å². The molecule has 4 aromatic rings. The molecule has 3 aromatic heterocycles. The van der Waals surface area contributed by atoms with Crippen LogP contribution in [-0.4, -0.2) is 92.5 Å². The van der Waals surface area contributed by atoms with Crippen molar-refractivity contribution in [2.45, 2.75) is 24.7 Å². The number of hydrogen-bond donors (Lipinski definition) is 0. The zero-order chi connectivity index (χ0) is 26.9. The maximum Gasteiger partial charge on any atom is 0.260 e. The van der Waals surface area contributed by atoms with E-state index in [-0.39, 0.29) is 5.56 Å². The Morgan fingerprint density at radius 2 is 1.85 bits per heavy atom. The van der Waals surface area contributed by atoms with Gasteiger partial charge in [-0.1, -0.05) is 35.5 Å². The molecule has 202 valence electrons. The lowest BCUT2D eigenvalue weighted by molar-refractivity contribution is -0.0769. The summed E-state index contributed by atoms with van der Waals surface area (Å²) in [5, 5.41) is 1.93. The van der Waals surface area contributed by atoms with Crippen molar-refractivity contribution in [3.63, 3.8) is 0 Å². The van der Waals surface area contributed by atoms with Crippen molar-refractivity contribution in [3.05, 3.63) is 63.9 Å². The van der Waals surface area contributed by atoms with Crippen LogP contribution in [-0.2, 0) is 11.3 Å². The minimum Gasteiger partial charge on any atom is -0.378 e. The first-order valence-electron chi connectivity index (χ1n) is 13.1. The van der Waals surface area contributed by atoms with Gasteiger partial charge >= 0.3 is 0 Å². The van der Waals surface area contributed by atoms with Crippen LogP contribution in [0.3, 0.4) is 0 Å². The number of hydrogen-bond acceptors (Lipinski definition) is 9. The van der Waals surface area contributed by atoms with Crippen molar-refractivity contribution in [3.8, 4) is 22.4 Å². The van der Waals surface area contributed by atoms with E-state index in [9.17, 15) is 4.79 Å². The summed E-state index contributed by atoms with van der Waals surface area (Å²) in [7, 11) is 0. The highest BCUT2D eigenvalue weighted by atomic mass is 35.5. The fourth-order valence-corrected chi connectivity index (χ4v) is 5.78. The maximum absolute atomic E-state index is 14.0. The van der Waals surface area contributed by atoms with Crippen molar-refractivity contribution >= 4 is 34.4 Å². The van der Waals surface area contributed by atoms with Gasteiger partial charge in [-0.25, -0.2) is 15.0 Å². The van der Waals surface area contributed by atoms with Gasteiger partial charge in [0, 0.05) is 78.8 Å². The number of fused-ring (bicyclic) bond motifs is 1. The van der Waals surface area contributed by atoms with E-state index in [4.69, 9.17) is 21.3 Å². The second kappa shape index (κ2) is 11.3. The number of halogens is 1. The normalized spacial score (nSPS) is 17.0. The molecule has 0 amide bonds. The van der Waals surface area contributed by atoms with E-state index >= 15 is 0 Å². The summed E-state index contributed by atoms with van der Waals surface area (Å²) in [4.78, 5) is 36.9. The van der Waals surface area contributed by atoms with Gasteiger partial charge < -0.3 is 4.74 Å². The van der Waals surface area contributed by atoms with Crippen LogP contribution < -0.4 is 5.56 Å². The average Bonchev–Trinajstić information content (AvgIpc) is 2.92. The van der Waals surface area contributed by atoms with Gasteiger partial charge in [-0.15, -0.1) is 0 Å².